The van der Waals surface area contributed by atoms with Crippen molar-refractivity contribution in [2.24, 2.45) is 0 Å². The Balaban J connectivity index is 0.000000172. The Morgan fingerprint density at radius 1 is 0.660 bits per heavy atom. The first-order valence-electron chi connectivity index (χ1n) is 18.9. The molecule has 0 aliphatic carbocycles. The average Bonchev–Trinajstić information content (AvgIpc) is 3.61. The summed E-state index contributed by atoms with van der Waals surface area (Å²) >= 11 is 0. The van der Waals surface area contributed by atoms with Gasteiger partial charge >= 0.3 is 0 Å². The summed E-state index contributed by atoms with van der Waals surface area (Å²) in [4.78, 5) is 9.27. The minimum absolute atomic E-state index is 0. The molecule has 0 unspecified atom stereocenters. The molecule has 53 heavy (non-hydrogen) atoms. The molecule has 0 saturated carbocycles. The number of aromatic nitrogens is 2. The van der Waals surface area contributed by atoms with Crippen molar-refractivity contribution in [2.45, 2.75) is 26.0 Å². The van der Waals surface area contributed by atoms with Gasteiger partial charge in [-0.05, 0) is 56.5 Å². The molecule has 3 aromatic heterocycles. The monoisotopic (exact) mass is 882 g/mol. The molecule has 3 nitrogen and oxygen atoms in total. The van der Waals surface area contributed by atoms with Gasteiger partial charge in [-0.1, -0.05) is 145 Å². The van der Waals surface area contributed by atoms with E-state index in [1.54, 1.807) is 0 Å². The van der Waals surface area contributed by atoms with E-state index >= 15 is 0 Å². The van der Waals surface area contributed by atoms with Gasteiger partial charge in [0, 0.05) is 40.6 Å². The minimum atomic E-state index is -1.76. The van der Waals surface area contributed by atoms with Crippen LogP contribution in [0.5, 0.6) is 0 Å². The van der Waals surface area contributed by atoms with Gasteiger partial charge in [0.15, 0.2) is 0 Å². The van der Waals surface area contributed by atoms with Gasteiger partial charge in [-0.3, -0.25) is 0 Å². The van der Waals surface area contributed by atoms with Crippen LogP contribution in [0.4, 0.5) is 0 Å². The molecule has 1 radical (unpaired) electrons. The van der Waals surface area contributed by atoms with Crippen molar-refractivity contribution in [3.63, 3.8) is 0 Å². The Kier molecular flexibility index (Phi) is 9.51. The van der Waals surface area contributed by atoms with E-state index in [0.717, 1.165) is 65.9 Å². The van der Waals surface area contributed by atoms with E-state index in [1.165, 1.54) is 0 Å². The second-order valence-corrected chi connectivity index (χ2v) is 18.8. The fraction of sp³-hybridized carbons (Fsp3) is 0.0833. The second kappa shape index (κ2) is 15.7. The van der Waals surface area contributed by atoms with E-state index in [0.29, 0.717) is 22.8 Å². The number of furan rings is 1. The van der Waals surface area contributed by atoms with Crippen molar-refractivity contribution in [3.05, 3.63) is 187 Å². The molecule has 6 aromatic carbocycles. The van der Waals surface area contributed by atoms with Crippen LogP contribution in [0.25, 0.3) is 66.4 Å². The third-order valence-electron chi connectivity index (χ3n) is 9.07. The van der Waals surface area contributed by atoms with Gasteiger partial charge in [0.2, 0.25) is 0 Å². The molecule has 0 fully saturated rings. The second-order valence-electron chi connectivity index (χ2n) is 13.7. The maximum absolute atomic E-state index is 8.84. The first-order chi connectivity index (χ1) is 26.6. The molecular weight excluding hydrogens is 841 g/mol. The van der Waals surface area contributed by atoms with Gasteiger partial charge in [0.25, 0.3) is 0 Å². The fourth-order valence-corrected chi connectivity index (χ4v) is 7.80. The molecule has 0 aliphatic rings. The number of benzene rings is 6. The third-order valence-corrected chi connectivity index (χ3v) is 11.1. The summed E-state index contributed by atoms with van der Waals surface area (Å²) in [6.07, 6.45) is 2.19. The summed E-state index contributed by atoms with van der Waals surface area (Å²) in [5.41, 5.74) is 7.84. The maximum Gasteiger partial charge on any atom is 0.121 e. The van der Waals surface area contributed by atoms with E-state index in [1.807, 2.05) is 140 Å². The summed E-state index contributed by atoms with van der Waals surface area (Å²) < 4.78 is 32.7. The maximum atomic E-state index is 8.84. The van der Waals surface area contributed by atoms with Gasteiger partial charge < -0.3 is 14.4 Å². The SMILES string of the molecule is [2H]C([2H])(c1ccccc1)c1cc(-c2[c-]cccc2)ncc1[Si](C)(C)C.[2H]c1c(-c2ccccc2)ccc2c1oc1c(-c3cc4ccccc4cn3)[c-]ccc12.[Ir]. The van der Waals surface area contributed by atoms with Gasteiger partial charge in [-0.15, -0.1) is 54.1 Å². The van der Waals surface area contributed by atoms with Crippen LogP contribution >= 0.6 is 0 Å². The predicted octanol–water partition coefficient (Wildman–Crippen LogP) is 12.0. The summed E-state index contributed by atoms with van der Waals surface area (Å²) in [7, 11) is -1.76. The summed E-state index contributed by atoms with van der Waals surface area (Å²) in [5.74, 6) is 0. The van der Waals surface area contributed by atoms with Crippen LogP contribution in [0.2, 0.25) is 19.6 Å². The summed E-state index contributed by atoms with van der Waals surface area (Å²) in [6.45, 7) is 6.68. The summed E-state index contributed by atoms with van der Waals surface area (Å²) in [6, 6.07) is 54.0. The quantitative estimate of drug-likeness (QED) is 0.123. The van der Waals surface area contributed by atoms with E-state index in [9.17, 15) is 0 Å². The molecule has 0 spiro atoms. The molecule has 0 aliphatic heterocycles. The molecule has 0 saturated heterocycles. The first kappa shape index (κ1) is 32.2. The molecule has 261 valence electrons. The molecular formula is C48H38IrN2OSi-2. The van der Waals surface area contributed by atoms with Crippen molar-refractivity contribution in [2.75, 3.05) is 0 Å². The Labute approximate surface area is 330 Å². The van der Waals surface area contributed by atoms with E-state index in [-0.39, 0.29) is 20.1 Å². The van der Waals surface area contributed by atoms with Crippen LogP contribution in [-0.2, 0) is 26.5 Å². The van der Waals surface area contributed by atoms with Crippen molar-refractivity contribution >= 4 is 46.0 Å². The van der Waals surface area contributed by atoms with Crippen LogP contribution in [0.15, 0.2) is 168 Å². The Morgan fingerprint density at radius 2 is 1.38 bits per heavy atom. The number of hydrogen-bond acceptors (Lipinski definition) is 3. The van der Waals surface area contributed by atoms with Crippen LogP contribution in [-0.4, -0.2) is 18.0 Å². The van der Waals surface area contributed by atoms with Crippen molar-refractivity contribution < 1.29 is 28.6 Å². The Bertz CT molecular complexity index is 2790. The fourth-order valence-electron chi connectivity index (χ4n) is 6.40. The molecule has 5 heteroatoms. The number of pyridine rings is 2. The van der Waals surface area contributed by atoms with E-state index in [2.05, 4.69) is 59.9 Å². The average molecular weight is 882 g/mol. The molecule has 0 atom stereocenters. The molecule has 9 aromatic rings. The molecule has 3 heterocycles. The minimum Gasteiger partial charge on any atom is -0.501 e. The smallest absolute Gasteiger partial charge is 0.121 e. The van der Waals surface area contributed by atoms with Crippen molar-refractivity contribution in [3.8, 4) is 33.6 Å². The molecule has 0 bridgehead atoms. The largest absolute Gasteiger partial charge is 0.501 e. The molecule has 0 N–H and O–H groups in total. The van der Waals surface area contributed by atoms with Gasteiger partial charge in [0.05, 0.1) is 15.0 Å². The zero-order chi connectivity index (χ0) is 38.2. The normalized spacial score (nSPS) is 12.3. The van der Waals surface area contributed by atoms with Crippen LogP contribution in [0.1, 0.15) is 15.2 Å². The summed E-state index contributed by atoms with van der Waals surface area (Å²) in [5, 5.41) is 5.18. The van der Waals surface area contributed by atoms with E-state index < -0.39 is 14.4 Å². The molecule has 9 rings (SSSR count). The van der Waals surface area contributed by atoms with Crippen LogP contribution in [0, 0.1) is 12.1 Å². The van der Waals surface area contributed by atoms with Gasteiger partial charge in [-0.25, -0.2) is 0 Å². The number of fused-ring (bicyclic) bond motifs is 4. The number of nitrogens with zero attached hydrogens (tertiary/aromatic N) is 2. The van der Waals surface area contributed by atoms with Gasteiger partial charge in [-0.2, -0.15) is 0 Å². The van der Waals surface area contributed by atoms with E-state index in [4.69, 9.17) is 8.53 Å². The van der Waals surface area contributed by atoms with Crippen molar-refractivity contribution in [1.29, 1.82) is 0 Å². The third kappa shape index (κ3) is 7.84. The standard InChI is InChI=1S/C27H16NO.C21H22NSi.Ir/c1-2-7-18(8-3-1)20-13-14-22-23-11-6-12-24(27(23)29-26(22)16-20)25-15-19-9-4-5-10-21(19)17-28-25;1-23(2,3)21-16-22-20(18-12-8-5-9-13-18)15-19(21)14-17-10-6-4-7-11-17;/h1-11,13-17H;4-12,15-16H,14H2,1-3H3;/q2*-1;/i16D;14D2;. The zero-order valence-electron chi connectivity index (χ0n) is 32.6. The number of rotatable bonds is 6. The van der Waals surface area contributed by atoms with Crippen molar-refractivity contribution in [1.82, 2.24) is 9.97 Å². The molecule has 0 amide bonds. The van der Waals surface area contributed by atoms with Gasteiger partial charge in [0.1, 0.15) is 5.58 Å². The number of hydrogen-bond donors (Lipinski definition) is 0. The zero-order valence-corrected chi connectivity index (χ0v) is 33.0. The Morgan fingerprint density at radius 3 is 2.13 bits per heavy atom. The van der Waals surface area contributed by atoms with Crippen LogP contribution in [0.3, 0.4) is 0 Å². The Hall–Kier alpha value is -5.45. The predicted molar refractivity (Wildman–Crippen MR) is 219 cm³/mol. The topological polar surface area (TPSA) is 38.9 Å². The van der Waals surface area contributed by atoms with Crippen LogP contribution < -0.4 is 5.19 Å². The first-order valence-corrected chi connectivity index (χ1v) is 20.9.